The van der Waals surface area contributed by atoms with Gasteiger partial charge in [-0.25, -0.2) is 0 Å². The zero-order chi connectivity index (χ0) is 14.9. The minimum atomic E-state index is -0.725. The van der Waals surface area contributed by atoms with E-state index in [0.29, 0.717) is 19.0 Å². The van der Waals surface area contributed by atoms with Crippen LogP contribution < -0.4 is 5.73 Å². The molecule has 0 bridgehead atoms. The highest BCUT2D eigenvalue weighted by Gasteiger charge is 2.46. The van der Waals surface area contributed by atoms with Crippen molar-refractivity contribution in [2.24, 2.45) is 11.7 Å². The maximum atomic E-state index is 12.9. The number of hydrogen-bond donors (Lipinski definition) is 1. The summed E-state index contributed by atoms with van der Waals surface area (Å²) in [4.78, 5) is 14.8. The number of amides is 1. The number of carbonyl (C=O) groups excluding carboxylic acids is 1. The van der Waals surface area contributed by atoms with Crippen molar-refractivity contribution in [3.05, 3.63) is 0 Å². The molecule has 3 atom stereocenters. The molecule has 3 fully saturated rings. The molecular weight excluding hydrogens is 268 g/mol. The minimum Gasteiger partial charge on any atom is -0.376 e. The van der Waals surface area contributed by atoms with Gasteiger partial charge in [0.25, 0.3) is 0 Å². The maximum Gasteiger partial charge on any atom is 0.242 e. The number of rotatable bonds is 6. The van der Waals surface area contributed by atoms with Crippen LogP contribution in [-0.2, 0) is 14.3 Å². The molecule has 0 aromatic heterocycles. The summed E-state index contributed by atoms with van der Waals surface area (Å²) in [5.41, 5.74) is 5.62. The first-order valence-electron chi connectivity index (χ1n) is 8.39. The van der Waals surface area contributed by atoms with E-state index < -0.39 is 5.54 Å². The molecule has 1 aliphatic carbocycles. The molecule has 2 saturated heterocycles. The quantitative estimate of drug-likeness (QED) is 0.802. The fourth-order valence-corrected chi connectivity index (χ4v) is 3.51. The van der Waals surface area contributed by atoms with Gasteiger partial charge < -0.3 is 20.1 Å². The monoisotopic (exact) mass is 296 g/mol. The van der Waals surface area contributed by atoms with Gasteiger partial charge >= 0.3 is 0 Å². The van der Waals surface area contributed by atoms with Crippen molar-refractivity contribution in [2.75, 3.05) is 26.3 Å². The van der Waals surface area contributed by atoms with Crippen LogP contribution in [0, 0.1) is 5.92 Å². The zero-order valence-corrected chi connectivity index (χ0v) is 13.1. The second kappa shape index (κ2) is 6.23. The minimum absolute atomic E-state index is 0.0796. The van der Waals surface area contributed by atoms with Gasteiger partial charge in [0.2, 0.25) is 5.91 Å². The van der Waals surface area contributed by atoms with Crippen LogP contribution in [-0.4, -0.2) is 54.9 Å². The molecule has 3 unspecified atom stereocenters. The molecule has 120 valence electrons. The Morgan fingerprint density at radius 1 is 1.10 bits per heavy atom. The zero-order valence-electron chi connectivity index (χ0n) is 13.1. The molecule has 3 aliphatic rings. The van der Waals surface area contributed by atoms with Gasteiger partial charge in [-0.05, 0) is 51.4 Å². The summed E-state index contributed by atoms with van der Waals surface area (Å²) in [6.07, 6.45) is 6.76. The number of hydrogen-bond acceptors (Lipinski definition) is 4. The van der Waals surface area contributed by atoms with E-state index in [0.717, 1.165) is 51.7 Å². The van der Waals surface area contributed by atoms with Crippen LogP contribution in [0.4, 0.5) is 0 Å². The third-order valence-electron chi connectivity index (χ3n) is 5.07. The Balaban J connectivity index is 1.65. The molecule has 1 saturated carbocycles. The first kappa shape index (κ1) is 15.3. The Morgan fingerprint density at radius 2 is 1.62 bits per heavy atom. The average molecular weight is 296 g/mol. The van der Waals surface area contributed by atoms with Gasteiger partial charge in [-0.15, -0.1) is 0 Å². The molecule has 2 heterocycles. The number of ether oxygens (including phenoxy) is 2. The van der Waals surface area contributed by atoms with E-state index in [1.54, 1.807) is 0 Å². The van der Waals surface area contributed by atoms with Crippen LogP contribution in [0.5, 0.6) is 0 Å². The van der Waals surface area contributed by atoms with Crippen molar-refractivity contribution in [3.8, 4) is 0 Å². The predicted octanol–water partition coefficient (Wildman–Crippen LogP) is 1.30. The largest absolute Gasteiger partial charge is 0.376 e. The Hall–Kier alpha value is -0.650. The van der Waals surface area contributed by atoms with Gasteiger partial charge in [0, 0.05) is 26.3 Å². The molecule has 2 N–H and O–H groups in total. The second-order valence-electron chi connectivity index (χ2n) is 7.04. The van der Waals surface area contributed by atoms with E-state index in [9.17, 15) is 4.79 Å². The van der Waals surface area contributed by atoms with Crippen LogP contribution in [0.2, 0.25) is 0 Å². The summed E-state index contributed by atoms with van der Waals surface area (Å²) >= 11 is 0. The Bertz CT molecular complexity index is 352. The fourth-order valence-electron chi connectivity index (χ4n) is 3.51. The van der Waals surface area contributed by atoms with Crippen molar-refractivity contribution in [1.82, 2.24) is 4.90 Å². The highest BCUT2D eigenvalue weighted by molar-refractivity contribution is 5.86. The summed E-state index contributed by atoms with van der Waals surface area (Å²) in [6.45, 7) is 4.85. The van der Waals surface area contributed by atoms with E-state index in [2.05, 4.69) is 0 Å². The molecule has 1 amide bonds. The van der Waals surface area contributed by atoms with Crippen molar-refractivity contribution >= 4 is 5.91 Å². The van der Waals surface area contributed by atoms with Gasteiger partial charge in [0.05, 0.1) is 17.7 Å². The summed E-state index contributed by atoms with van der Waals surface area (Å²) in [5, 5.41) is 0. The Labute approximate surface area is 127 Å². The third kappa shape index (κ3) is 3.58. The SMILES string of the molecule is CC(N)(C(=O)N(CC1CCCO1)CC1CCCO1)C1CC1. The van der Waals surface area contributed by atoms with Crippen LogP contribution in [0.3, 0.4) is 0 Å². The van der Waals surface area contributed by atoms with E-state index >= 15 is 0 Å². The van der Waals surface area contributed by atoms with Crippen molar-refractivity contribution in [2.45, 2.75) is 63.2 Å². The lowest BCUT2D eigenvalue weighted by atomic mass is 9.94. The first-order chi connectivity index (χ1) is 10.1. The maximum absolute atomic E-state index is 12.9. The predicted molar refractivity (Wildman–Crippen MR) is 79.8 cm³/mol. The van der Waals surface area contributed by atoms with Gasteiger partial charge in [-0.1, -0.05) is 0 Å². The second-order valence-corrected chi connectivity index (χ2v) is 7.04. The standard InChI is InChI=1S/C16H28N2O3/c1-16(17,12-6-7-12)15(19)18(10-13-4-2-8-20-13)11-14-5-3-9-21-14/h12-14H,2-11,17H2,1H3. The molecular formula is C16H28N2O3. The van der Waals surface area contributed by atoms with Crippen molar-refractivity contribution < 1.29 is 14.3 Å². The summed E-state index contributed by atoms with van der Waals surface area (Å²) < 4.78 is 11.4. The molecule has 5 heteroatoms. The van der Waals surface area contributed by atoms with E-state index in [1.165, 1.54) is 0 Å². The fraction of sp³-hybridized carbons (Fsp3) is 0.938. The number of nitrogens with zero attached hydrogens (tertiary/aromatic N) is 1. The lowest BCUT2D eigenvalue weighted by molar-refractivity contribution is -0.140. The van der Waals surface area contributed by atoms with Crippen molar-refractivity contribution in [1.29, 1.82) is 0 Å². The highest BCUT2D eigenvalue weighted by Crippen LogP contribution is 2.39. The van der Waals surface area contributed by atoms with E-state index in [1.807, 2.05) is 11.8 Å². The van der Waals surface area contributed by atoms with Crippen LogP contribution >= 0.6 is 0 Å². The summed E-state index contributed by atoms with van der Waals surface area (Å²) in [5.74, 6) is 0.428. The molecule has 0 radical (unpaired) electrons. The van der Waals surface area contributed by atoms with Gasteiger partial charge in [-0.2, -0.15) is 0 Å². The number of carbonyl (C=O) groups is 1. The van der Waals surface area contributed by atoms with Crippen LogP contribution in [0.25, 0.3) is 0 Å². The average Bonchev–Trinajstić information content (AvgIpc) is 2.98. The highest BCUT2D eigenvalue weighted by atomic mass is 16.5. The van der Waals surface area contributed by atoms with E-state index in [4.69, 9.17) is 15.2 Å². The lowest BCUT2D eigenvalue weighted by Gasteiger charge is -2.34. The molecule has 0 aromatic carbocycles. The molecule has 3 rings (SSSR count). The molecule has 0 spiro atoms. The van der Waals surface area contributed by atoms with Crippen molar-refractivity contribution in [3.63, 3.8) is 0 Å². The van der Waals surface area contributed by atoms with E-state index in [-0.39, 0.29) is 18.1 Å². The van der Waals surface area contributed by atoms with Gasteiger partial charge in [0.1, 0.15) is 0 Å². The molecule has 21 heavy (non-hydrogen) atoms. The topological polar surface area (TPSA) is 64.8 Å². The summed E-state index contributed by atoms with van der Waals surface area (Å²) in [6, 6.07) is 0. The molecule has 5 nitrogen and oxygen atoms in total. The van der Waals surface area contributed by atoms with Crippen LogP contribution in [0.15, 0.2) is 0 Å². The Kier molecular flexibility index (Phi) is 4.52. The Morgan fingerprint density at radius 3 is 2.00 bits per heavy atom. The number of nitrogens with two attached hydrogens (primary N) is 1. The molecule has 2 aliphatic heterocycles. The summed E-state index contributed by atoms with van der Waals surface area (Å²) in [7, 11) is 0. The normalized spacial score (nSPS) is 32.1. The smallest absolute Gasteiger partial charge is 0.242 e. The van der Waals surface area contributed by atoms with Gasteiger partial charge in [0.15, 0.2) is 0 Å². The van der Waals surface area contributed by atoms with Gasteiger partial charge in [-0.3, -0.25) is 4.79 Å². The lowest BCUT2D eigenvalue weighted by Crippen LogP contribution is -2.57. The third-order valence-corrected chi connectivity index (χ3v) is 5.07. The first-order valence-corrected chi connectivity index (χ1v) is 8.39. The molecule has 0 aromatic rings. The van der Waals surface area contributed by atoms with Crippen LogP contribution in [0.1, 0.15) is 45.4 Å².